The predicted molar refractivity (Wildman–Crippen MR) is 88.0 cm³/mol. The van der Waals surface area contributed by atoms with Gasteiger partial charge in [0.2, 0.25) is 0 Å². The van der Waals surface area contributed by atoms with E-state index in [9.17, 15) is 14.7 Å². The molecule has 2 heterocycles. The molecule has 0 unspecified atom stereocenters. The Morgan fingerprint density at radius 3 is 2.58 bits per heavy atom. The van der Waals surface area contributed by atoms with Crippen LogP contribution < -0.4 is 5.32 Å². The number of rotatable bonds is 5. The number of nitrogens with one attached hydrogen (secondary N) is 1. The maximum Gasteiger partial charge on any atom is 0.312 e. The lowest BCUT2D eigenvalue weighted by Crippen LogP contribution is -2.59. The lowest BCUT2D eigenvalue weighted by atomic mass is 9.61. The van der Waals surface area contributed by atoms with E-state index in [-0.39, 0.29) is 30.8 Å². The molecule has 2 bridgehead atoms. The maximum atomic E-state index is 12.6. The molecule has 0 aromatic heterocycles. The lowest BCUT2D eigenvalue weighted by Gasteiger charge is -2.45. The Balaban J connectivity index is 1.43. The van der Waals surface area contributed by atoms with E-state index in [1.165, 1.54) is 0 Å². The first-order valence-electron chi connectivity index (χ1n) is 8.32. The molecule has 0 radical (unpaired) electrons. The van der Waals surface area contributed by atoms with Crippen LogP contribution in [-0.2, 0) is 19.7 Å². The highest BCUT2D eigenvalue weighted by molar-refractivity contribution is 6.30. The number of amides is 1. The van der Waals surface area contributed by atoms with Gasteiger partial charge in [-0.2, -0.15) is 0 Å². The second-order valence-electron chi connectivity index (χ2n) is 7.55. The van der Waals surface area contributed by atoms with Gasteiger partial charge in [-0.1, -0.05) is 30.2 Å². The average Bonchev–Trinajstić information content (AvgIpc) is 3.03. The first kappa shape index (κ1) is 15.9. The van der Waals surface area contributed by atoms with Crippen LogP contribution in [0.3, 0.4) is 0 Å². The number of carbonyl (C=O) groups excluding carboxylic acids is 1. The van der Waals surface area contributed by atoms with Gasteiger partial charge in [-0.05, 0) is 30.5 Å². The van der Waals surface area contributed by atoms with E-state index in [1.807, 2.05) is 18.2 Å². The minimum absolute atomic E-state index is 0.0660. The molecule has 1 amide bonds. The fraction of sp³-hybridized carbons (Fsp3) is 0.556. The van der Waals surface area contributed by atoms with E-state index in [4.69, 9.17) is 16.3 Å². The number of benzene rings is 1. The quantitative estimate of drug-likeness (QED) is 0.856. The average molecular weight is 350 g/mol. The van der Waals surface area contributed by atoms with Crippen LogP contribution >= 0.6 is 11.6 Å². The van der Waals surface area contributed by atoms with Crippen molar-refractivity contribution in [2.24, 2.45) is 5.41 Å². The van der Waals surface area contributed by atoms with Crippen LogP contribution in [0.1, 0.15) is 37.7 Å². The summed E-state index contributed by atoms with van der Waals surface area (Å²) < 4.78 is 5.57. The van der Waals surface area contributed by atoms with E-state index in [0.29, 0.717) is 11.6 Å². The first-order chi connectivity index (χ1) is 11.4. The van der Waals surface area contributed by atoms with Crippen molar-refractivity contribution in [1.82, 2.24) is 5.32 Å². The van der Waals surface area contributed by atoms with Gasteiger partial charge in [0.1, 0.15) is 5.60 Å². The molecular formula is C18H20ClNO4. The van der Waals surface area contributed by atoms with Gasteiger partial charge in [-0.25, -0.2) is 0 Å². The Hall–Kier alpha value is -1.59. The summed E-state index contributed by atoms with van der Waals surface area (Å²) in [6.45, 7) is 0.673. The molecule has 0 spiro atoms. The van der Waals surface area contributed by atoms with E-state index in [2.05, 4.69) is 11.4 Å². The number of carbonyl (C=O) groups is 2. The zero-order valence-electron chi connectivity index (χ0n) is 13.3. The lowest BCUT2D eigenvalue weighted by molar-refractivity contribution is -0.158. The van der Waals surface area contributed by atoms with Crippen LogP contribution in [0.5, 0.6) is 0 Å². The van der Waals surface area contributed by atoms with Crippen LogP contribution in [0.15, 0.2) is 24.3 Å². The fourth-order valence-corrected chi connectivity index (χ4v) is 4.55. The first-order valence-corrected chi connectivity index (χ1v) is 8.69. The third-order valence-electron chi connectivity index (χ3n) is 6.08. The number of fused-ring (bicyclic) bond motifs is 1. The zero-order valence-corrected chi connectivity index (χ0v) is 14.1. The van der Waals surface area contributed by atoms with Crippen LogP contribution in [0, 0.1) is 5.41 Å². The predicted octanol–water partition coefficient (Wildman–Crippen LogP) is 2.51. The van der Waals surface area contributed by atoms with E-state index >= 15 is 0 Å². The van der Waals surface area contributed by atoms with Crippen LogP contribution in [-0.4, -0.2) is 35.7 Å². The van der Waals surface area contributed by atoms with E-state index in [1.54, 1.807) is 0 Å². The third-order valence-corrected chi connectivity index (χ3v) is 6.31. The second kappa shape index (κ2) is 5.20. The molecule has 4 fully saturated rings. The Kier molecular flexibility index (Phi) is 3.45. The van der Waals surface area contributed by atoms with Gasteiger partial charge in [0.25, 0.3) is 5.91 Å². The molecule has 2 N–H and O–H groups in total. The highest BCUT2D eigenvalue weighted by Gasteiger charge is 2.70. The molecule has 5 rings (SSSR count). The van der Waals surface area contributed by atoms with Crippen molar-refractivity contribution in [2.75, 3.05) is 13.2 Å². The fourth-order valence-electron chi connectivity index (χ4n) is 4.36. The molecule has 1 aromatic carbocycles. The third kappa shape index (κ3) is 2.18. The molecule has 0 atom stereocenters. The molecule has 2 saturated heterocycles. The Bertz CT molecular complexity index is 707. The summed E-state index contributed by atoms with van der Waals surface area (Å²) in [6.07, 6.45) is 3.73. The molecular weight excluding hydrogens is 330 g/mol. The van der Waals surface area contributed by atoms with Crippen molar-refractivity contribution in [3.63, 3.8) is 0 Å². The van der Waals surface area contributed by atoms with Gasteiger partial charge in [-0.15, -0.1) is 0 Å². The van der Waals surface area contributed by atoms with Crippen molar-refractivity contribution in [2.45, 2.75) is 43.1 Å². The zero-order chi connectivity index (χ0) is 17.0. The Morgan fingerprint density at radius 1 is 1.29 bits per heavy atom. The monoisotopic (exact) mass is 349 g/mol. The summed E-state index contributed by atoms with van der Waals surface area (Å²) in [4.78, 5) is 23.9. The van der Waals surface area contributed by atoms with E-state index in [0.717, 1.165) is 24.8 Å². The van der Waals surface area contributed by atoms with Crippen molar-refractivity contribution in [3.05, 3.63) is 34.9 Å². The number of aliphatic carboxylic acids is 1. The van der Waals surface area contributed by atoms with Crippen LogP contribution in [0.2, 0.25) is 5.02 Å². The highest BCUT2D eigenvalue weighted by Crippen LogP contribution is 2.58. The summed E-state index contributed by atoms with van der Waals surface area (Å²) in [7, 11) is 0. The largest absolute Gasteiger partial charge is 0.481 e. The normalized spacial score (nSPS) is 32.5. The maximum absolute atomic E-state index is 12.6. The Labute approximate surface area is 145 Å². The number of carboxylic acid groups (broad SMARTS) is 1. The van der Waals surface area contributed by atoms with Crippen molar-refractivity contribution in [3.8, 4) is 0 Å². The molecule has 2 aliphatic carbocycles. The number of ether oxygens (including phenoxy) is 1. The minimum atomic E-state index is -0.933. The summed E-state index contributed by atoms with van der Waals surface area (Å²) in [5, 5.41) is 13.0. The van der Waals surface area contributed by atoms with Crippen LogP contribution in [0.25, 0.3) is 0 Å². The molecule has 2 saturated carbocycles. The SMILES string of the molecule is O=C(O)C12COC(C(=O)NCC3(c4cccc(Cl)c4)CCC3)(C1)C2. The molecule has 4 aliphatic rings. The van der Waals surface area contributed by atoms with Gasteiger partial charge < -0.3 is 15.2 Å². The number of hydrogen-bond donors (Lipinski definition) is 2. The summed E-state index contributed by atoms with van der Waals surface area (Å²) in [6, 6.07) is 7.81. The molecule has 24 heavy (non-hydrogen) atoms. The standard InChI is InChI=1S/C18H20ClNO4/c19-13-4-1-3-12(7-13)16(5-2-6-16)10-20-14(21)18-8-17(9-18,11-24-18)15(22)23/h1,3-4,7H,2,5-6,8-11H2,(H,20,21)(H,22,23). The molecule has 128 valence electrons. The minimum Gasteiger partial charge on any atom is -0.481 e. The van der Waals surface area contributed by atoms with Gasteiger partial charge in [0, 0.05) is 29.8 Å². The van der Waals surface area contributed by atoms with Crippen molar-refractivity contribution in [1.29, 1.82) is 0 Å². The molecule has 5 nitrogen and oxygen atoms in total. The van der Waals surface area contributed by atoms with Gasteiger partial charge in [-0.3, -0.25) is 9.59 Å². The molecule has 6 heteroatoms. The van der Waals surface area contributed by atoms with Gasteiger partial charge in [0.15, 0.2) is 0 Å². The number of halogens is 1. The van der Waals surface area contributed by atoms with Crippen molar-refractivity contribution >= 4 is 23.5 Å². The summed E-state index contributed by atoms with van der Waals surface area (Å²) in [5.41, 5.74) is -0.695. The number of carboxylic acids is 1. The molecule has 1 aromatic rings. The van der Waals surface area contributed by atoms with Gasteiger partial charge in [0.05, 0.1) is 12.0 Å². The molecule has 2 aliphatic heterocycles. The van der Waals surface area contributed by atoms with E-state index < -0.39 is 17.0 Å². The highest BCUT2D eigenvalue weighted by atomic mass is 35.5. The van der Waals surface area contributed by atoms with Crippen molar-refractivity contribution < 1.29 is 19.4 Å². The summed E-state index contributed by atoms with van der Waals surface area (Å²) in [5.74, 6) is -1.04. The van der Waals surface area contributed by atoms with Gasteiger partial charge >= 0.3 is 5.97 Å². The van der Waals surface area contributed by atoms with Crippen LogP contribution in [0.4, 0.5) is 0 Å². The second-order valence-corrected chi connectivity index (χ2v) is 7.99. The number of hydrogen-bond acceptors (Lipinski definition) is 3. The smallest absolute Gasteiger partial charge is 0.312 e. The topological polar surface area (TPSA) is 75.6 Å². The summed E-state index contributed by atoms with van der Waals surface area (Å²) >= 11 is 6.11. The Morgan fingerprint density at radius 2 is 2.04 bits per heavy atom.